The Labute approximate surface area is 127 Å². The molecule has 3 rings (SSSR count). The molecule has 0 radical (unpaired) electrons. The van der Waals surface area contributed by atoms with Gasteiger partial charge in [-0.15, -0.1) is 0 Å². The van der Waals surface area contributed by atoms with E-state index in [1.54, 1.807) is 0 Å². The summed E-state index contributed by atoms with van der Waals surface area (Å²) in [6.45, 7) is 6.38. The highest BCUT2D eigenvalue weighted by Gasteiger charge is 2.18. The molecular weight excluding hydrogens is 256 g/mol. The Kier molecular flexibility index (Phi) is 3.98. The maximum atomic E-state index is 6.01. The summed E-state index contributed by atoms with van der Waals surface area (Å²) in [5, 5.41) is 0. The minimum atomic E-state index is 0.113. The molecule has 2 heteroatoms. The Morgan fingerprint density at radius 3 is 2.76 bits per heavy atom. The second-order valence-corrected chi connectivity index (χ2v) is 6.13. The quantitative estimate of drug-likeness (QED) is 0.922. The average Bonchev–Trinajstić information content (AvgIpc) is 2.49. The zero-order chi connectivity index (χ0) is 14.8. The summed E-state index contributed by atoms with van der Waals surface area (Å²) in [7, 11) is 0. The maximum absolute atomic E-state index is 6.01. The molecule has 1 aliphatic rings. The van der Waals surface area contributed by atoms with Crippen LogP contribution in [0, 0.1) is 6.92 Å². The largest absolute Gasteiger partial charge is 0.367 e. The van der Waals surface area contributed by atoms with Gasteiger partial charge >= 0.3 is 0 Å². The molecule has 0 amide bonds. The summed E-state index contributed by atoms with van der Waals surface area (Å²) in [6, 6.07) is 15.5. The normalized spacial score (nSPS) is 15.7. The predicted octanol–water partition coefficient (Wildman–Crippen LogP) is 3.97. The van der Waals surface area contributed by atoms with Gasteiger partial charge in [-0.05, 0) is 55.0 Å². The molecule has 1 atom stereocenters. The van der Waals surface area contributed by atoms with E-state index in [9.17, 15) is 0 Å². The van der Waals surface area contributed by atoms with Crippen LogP contribution < -0.4 is 10.6 Å². The predicted molar refractivity (Wildman–Crippen MR) is 89.6 cm³/mol. The fourth-order valence-electron chi connectivity index (χ4n) is 3.14. The molecule has 2 aromatic rings. The van der Waals surface area contributed by atoms with Crippen molar-refractivity contribution in [1.29, 1.82) is 0 Å². The molecule has 2 aromatic carbocycles. The summed E-state index contributed by atoms with van der Waals surface area (Å²) < 4.78 is 0. The molecule has 1 unspecified atom stereocenters. The fraction of sp³-hybridized carbons (Fsp3) is 0.368. The number of fused-ring (bicyclic) bond motifs is 1. The second-order valence-electron chi connectivity index (χ2n) is 6.13. The van der Waals surface area contributed by atoms with Crippen molar-refractivity contribution < 1.29 is 0 Å². The van der Waals surface area contributed by atoms with E-state index in [2.05, 4.69) is 61.2 Å². The van der Waals surface area contributed by atoms with Crippen LogP contribution in [-0.4, -0.2) is 6.54 Å². The molecule has 0 saturated heterocycles. The molecule has 21 heavy (non-hydrogen) atoms. The Balaban J connectivity index is 1.89. The molecule has 0 fully saturated rings. The van der Waals surface area contributed by atoms with E-state index in [4.69, 9.17) is 5.73 Å². The van der Waals surface area contributed by atoms with E-state index < -0.39 is 0 Å². The van der Waals surface area contributed by atoms with E-state index in [1.165, 1.54) is 40.8 Å². The van der Waals surface area contributed by atoms with Crippen molar-refractivity contribution in [1.82, 2.24) is 0 Å². The van der Waals surface area contributed by atoms with Gasteiger partial charge in [-0.2, -0.15) is 0 Å². The summed E-state index contributed by atoms with van der Waals surface area (Å²) in [5.41, 5.74) is 12.9. The van der Waals surface area contributed by atoms with Crippen molar-refractivity contribution in [2.24, 2.45) is 5.73 Å². The maximum Gasteiger partial charge on any atom is 0.0432 e. The minimum Gasteiger partial charge on any atom is -0.367 e. The van der Waals surface area contributed by atoms with Gasteiger partial charge in [0.2, 0.25) is 0 Å². The highest BCUT2D eigenvalue weighted by Crippen LogP contribution is 2.30. The summed E-state index contributed by atoms with van der Waals surface area (Å²) in [4.78, 5) is 2.51. The Morgan fingerprint density at radius 2 is 2.00 bits per heavy atom. The smallest absolute Gasteiger partial charge is 0.0432 e. The highest BCUT2D eigenvalue weighted by atomic mass is 15.1. The zero-order valence-electron chi connectivity index (χ0n) is 13.0. The van der Waals surface area contributed by atoms with Gasteiger partial charge in [-0.25, -0.2) is 0 Å². The monoisotopic (exact) mass is 280 g/mol. The third-order valence-electron chi connectivity index (χ3n) is 4.47. The number of anilines is 1. The number of hydrogen-bond donors (Lipinski definition) is 1. The Bertz CT molecular complexity index is 631. The van der Waals surface area contributed by atoms with Gasteiger partial charge in [0.25, 0.3) is 0 Å². The van der Waals surface area contributed by atoms with Crippen molar-refractivity contribution in [2.75, 3.05) is 11.4 Å². The van der Waals surface area contributed by atoms with Crippen molar-refractivity contribution in [3.8, 4) is 0 Å². The van der Waals surface area contributed by atoms with Gasteiger partial charge in [-0.3, -0.25) is 0 Å². The van der Waals surface area contributed by atoms with Crippen LogP contribution in [0.25, 0.3) is 0 Å². The van der Waals surface area contributed by atoms with E-state index in [0.717, 1.165) is 13.1 Å². The molecule has 0 aromatic heterocycles. The SMILES string of the molecule is Cc1ccccc1CN1CCCc2cc(C(C)N)ccc21. The Hall–Kier alpha value is -1.80. The molecule has 2 nitrogen and oxygen atoms in total. The van der Waals surface area contributed by atoms with Gasteiger partial charge in [0.1, 0.15) is 0 Å². The first-order valence-electron chi connectivity index (χ1n) is 7.83. The van der Waals surface area contributed by atoms with Crippen LogP contribution in [-0.2, 0) is 13.0 Å². The molecule has 1 aliphatic heterocycles. The minimum absolute atomic E-state index is 0.113. The first-order chi connectivity index (χ1) is 10.1. The zero-order valence-corrected chi connectivity index (χ0v) is 13.0. The van der Waals surface area contributed by atoms with Crippen LogP contribution in [0.2, 0.25) is 0 Å². The summed E-state index contributed by atoms with van der Waals surface area (Å²) >= 11 is 0. The van der Waals surface area contributed by atoms with Gasteiger partial charge in [0.15, 0.2) is 0 Å². The van der Waals surface area contributed by atoms with E-state index >= 15 is 0 Å². The lowest BCUT2D eigenvalue weighted by atomic mass is 9.96. The second kappa shape index (κ2) is 5.90. The fourth-order valence-corrected chi connectivity index (χ4v) is 3.14. The third-order valence-corrected chi connectivity index (χ3v) is 4.47. The van der Waals surface area contributed by atoms with Crippen LogP contribution in [0.1, 0.15) is 41.6 Å². The molecule has 0 bridgehead atoms. The Morgan fingerprint density at radius 1 is 1.19 bits per heavy atom. The number of nitrogens with zero attached hydrogens (tertiary/aromatic N) is 1. The number of benzene rings is 2. The van der Waals surface area contributed by atoms with Crippen LogP contribution in [0.5, 0.6) is 0 Å². The number of rotatable bonds is 3. The number of hydrogen-bond acceptors (Lipinski definition) is 2. The van der Waals surface area contributed by atoms with Crippen molar-refractivity contribution >= 4 is 5.69 Å². The lowest BCUT2D eigenvalue weighted by molar-refractivity contribution is 0.686. The van der Waals surface area contributed by atoms with Gasteiger partial charge < -0.3 is 10.6 Å². The van der Waals surface area contributed by atoms with Crippen LogP contribution in [0.15, 0.2) is 42.5 Å². The summed E-state index contributed by atoms with van der Waals surface area (Å²) in [6.07, 6.45) is 2.39. The molecule has 1 heterocycles. The van der Waals surface area contributed by atoms with Crippen molar-refractivity contribution in [3.63, 3.8) is 0 Å². The van der Waals surface area contributed by atoms with Gasteiger partial charge in [0, 0.05) is 24.8 Å². The van der Waals surface area contributed by atoms with E-state index in [-0.39, 0.29) is 6.04 Å². The van der Waals surface area contributed by atoms with Crippen LogP contribution in [0.4, 0.5) is 5.69 Å². The number of nitrogens with two attached hydrogens (primary N) is 1. The van der Waals surface area contributed by atoms with Gasteiger partial charge in [-0.1, -0.05) is 36.4 Å². The molecular formula is C19H24N2. The standard InChI is InChI=1S/C19H24N2/c1-14-6-3-4-7-18(14)13-21-11-5-8-17-12-16(15(2)20)9-10-19(17)21/h3-4,6-7,9-10,12,15H,5,8,11,13,20H2,1-2H3. The van der Waals surface area contributed by atoms with Gasteiger partial charge in [0.05, 0.1) is 0 Å². The van der Waals surface area contributed by atoms with E-state index in [1.807, 2.05) is 0 Å². The molecule has 0 spiro atoms. The molecule has 2 N–H and O–H groups in total. The third kappa shape index (κ3) is 2.96. The molecule has 0 saturated carbocycles. The van der Waals surface area contributed by atoms with E-state index in [0.29, 0.717) is 0 Å². The summed E-state index contributed by atoms with van der Waals surface area (Å²) in [5.74, 6) is 0. The van der Waals surface area contributed by atoms with Crippen LogP contribution in [0.3, 0.4) is 0 Å². The molecule has 0 aliphatic carbocycles. The van der Waals surface area contributed by atoms with Crippen molar-refractivity contribution in [2.45, 2.75) is 39.3 Å². The lowest BCUT2D eigenvalue weighted by Gasteiger charge is -2.32. The van der Waals surface area contributed by atoms with Crippen molar-refractivity contribution in [3.05, 3.63) is 64.7 Å². The first kappa shape index (κ1) is 14.2. The number of aryl methyl sites for hydroxylation is 2. The molecule has 110 valence electrons. The highest BCUT2D eigenvalue weighted by molar-refractivity contribution is 5.57. The van der Waals surface area contributed by atoms with Crippen LogP contribution >= 0.6 is 0 Å². The topological polar surface area (TPSA) is 29.3 Å². The lowest BCUT2D eigenvalue weighted by Crippen LogP contribution is -2.29. The average molecular weight is 280 g/mol. The first-order valence-corrected chi connectivity index (χ1v) is 7.83.